The van der Waals surface area contributed by atoms with Crippen molar-refractivity contribution < 1.29 is 14.3 Å². The maximum atomic E-state index is 13.1. The second-order valence-corrected chi connectivity index (χ2v) is 9.32. The summed E-state index contributed by atoms with van der Waals surface area (Å²) in [6, 6.07) is 6.94. The Balaban J connectivity index is 1.59. The molecule has 1 aliphatic heterocycles. The molecule has 1 heterocycles. The van der Waals surface area contributed by atoms with Crippen molar-refractivity contribution in [3.63, 3.8) is 0 Å². The largest absolute Gasteiger partial charge is 0.497 e. The Morgan fingerprint density at radius 2 is 1.68 bits per heavy atom. The Morgan fingerprint density at radius 1 is 1.04 bits per heavy atom. The SMILES string of the molecule is COc1ccc(NC(=O)C2CCCN2C(=O)C2CCC(C(C)(C)C)CC2)cc1. The van der Waals surface area contributed by atoms with Crippen molar-refractivity contribution in [2.75, 3.05) is 19.0 Å². The normalized spacial score (nSPS) is 25.4. The van der Waals surface area contributed by atoms with Crippen molar-refractivity contribution in [1.29, 1.82) is 0 Å². The van der Waals surface area contributed by atoms with Crippen LogP contribution in [0, 0.1) is 17.3 Å². The fourth-order valence-electron chi connectivity index (χ4n) is 4.64. The maximum Gasteiger partial charge on any atom is 0.247 e. The van der Waals surface area contributed by atoms with Crippen LogP contribution in [0.25, 0.3) is 0 Å². The summed E-state index contributed by atoms with van der Waals surface area (Å²) in [5.74, 6) is 1.61. The Labute approximate surface area is 168 Å². The summed E-state index contributed by atoms with van der Waals surface area (Å²) in [5.41, 5.74) is 1.04. The molecule has 0 bridgehead atoms. The molecule has 1 aliphatic carbocycles. The van der Waals surface area contributed by atoms with Gasteiger partial charge in [0.05, 0.1) is 7.11 Å². The molecule has 1 unspecified atom stereocenters. The molecule has 1 saturated heterocycles. The summed E-state index contributed by atoms with van der Waals surface area (Å²) >= 11 is 0. The standard InChI is InChI=1S/C23H34N2O3/c1-23(2,3)17-9-7-16(8-10-17)22(27)25-15-5-6-20(25)21(26)24-18-11-13-19(28-4)14-12-18/h11-14,16-17,20H,5-10,15H2,1-4H3,(H,24,26). The number of methoxy groups -OCH3 is 1. The van der Waals surface area contributed by atoms with Gasteiger partial charge in [0.25, 0.3) is 0 Å². The third kappa shape index (κ3) is 4.68. The molecule has 0 aromatic heterocycles. The third-order valence-corrected chi connectivity index (χ3v) is 6.50. The number of hydrogen-bond donors (Lipinski definition) is 1. The topological polar surface area (TPSA) is 58.6 Å². The van der Waals surface area contributed by atoms with Gasteiger partial charge < -0.3 is 15.0 Å². The number of likely N-dealkylation sites (tertiary alicyclic amines) is 1. The highest BCUT2D eigenvalue weighted by Crippen LogP contribution is 2.40. The van der Waals surface area contributed by atoms with E-state index in [9.17, 15) is 9.59 Å². The van der Waals surface area contributed by atoms with Gasteiger partial charge in [0.15, 0.2) is 0 Å². The van der Waals surface area contributed by atoms with Crippen LogP contribution in [0.4, 0.5) is 5.69 Å². The molecule has 28 heavy (non-hydrogen) atoms. The summed E-state index contributed by atoms with van der Waals surface area (Å²) < 4.78 is 5.15. The van der Waals surface area contributed by atoms with E-state index in [1.807, 2.05) is 29.2 Å². The van der Waals surface area contributed by atoms with E-state index in [1.165, 1.54) is 0 Å². The molecule has 2 aliphatic rings. The summed E-state index contributed by atoms with van der Waals surface area (Å²) in [6.45, 7) is 7.57. The molecule has 1 saturated carbocycles. The van der Waals surface area contributed by atoms with Gasteiger partial charge in [0.1, 0.15) is 11.8 Å². The van der Waals surface area contributed by atoms with Gasteiger partial charge in [-0.3, -0.25) is 9.59 Å². The van der Waals surface area contributed by atoms with E-state index in [0.717, 1.165) is 50.0 Å². The quantitative estimate of drug-likeness (QED) is 0.830. The first-order valence-electron chi connectivity index (χ1n) is 10.5. The average Bonchev–Trinajstić information content (AvgIpc) is 3.17. The first-order valence-corrected chi connectivity index (χ1v) is 10.5. The van der Waals surface area contributed by atoms with Gasteiger partial charge in [-0.1, -0.05) is 20.8 Å². The minimum absolute atomic E-state index is 0.0768. The van der Waals surface area contributed by atoms with Gasteiger partial charge in [-0.25, -0.2) is 0 Å². The lowest BCUT2D eigenvalue weighted by molar-refractivity contribution is -0.141. The first-order chi connectivity index (χ1) is 13.3. The van der Waals surface area contributed by atoms with Gasteiger partial charge in [0.2, 0.25) is 11.8 Å². The molecule has 3 rings (SSSR count). The Morgan fingerprint density at radius 3 is 2.25 bits per heavy atom. The van der Waals surface area contributed by atoms with Crippen LogP contribution in [0.5, 0.6) is 5.75 Å². The van der Waals surface area contributed by atoms with E-state index in [-0.39, 0.29) is 23.8 Å². The van der Waals surface area contributed by atoms with Crippen molar-refractivity contribution >= 4 is 17.5 Å². The number of rotatable bonds is 4. The molecule has 0 radical (unpaired) electrons. The minimum Gasteiger partial charge on any atom is -0.497 e. The molecule has 154 valence electrons. The number of hydrogen-bond acceptors (Lipinski definition) is 3. The van der Waals surface area contributed by atoms with Crippen molar-refractivity contribution in [2.45, 2.75) is 65.3 Å². The smallest absolute Gasteiger partial charge is 0.247 e. The number of amides is 2. The second kappa shape index (κ2) is 8.54. The van der Waals surface area contributed by atoms with Crippen LogP contribution in [-0.4, -0.2) is 36.4 Å². The van der Waals surface area contributed by atoms with E-state index in [4.69, 9.17) is 4.74 Å². The highest BCUT2D eigenvalue weighted by Gasteiger charge is 2.39. The number of nitrogens with one attached hydrogen (secondary N) is 1. The van der Waals surface area contributed by atoms with E-state index in [0.29, 0.717) is 17.9 Å². The van der Waals surface area contributed by atoms with Crippen molar-refractivity contribution in [1.82, 2.24) is 4.90 Å². The maximum absolute atomic E-state index is 13.1. The highest BCUT2D eigenvalue weighted by atomic mass is 16.5. The van der Waals surface area contributed by atoms with Crippen LogP contribution < -0.4 is 10.1 Å². The molecule has 5 nitrogen and oxygen atoms in total. The molecule has 2 amide bonds. The zero-order valence-corrected chi connectivity index (χ0v) is 17.7. The molecule has 2 fully saturated rings. The number of anilines is 1. The van der Waals surface area contributed by atoms with Crippen molar-refractivity contribution in [3.8, 4) is 5.75 Å². The molecule has 1 N–H and O–H groups in total. The fourth-order valence-corrected chi connectivity index (χ4v) is 4.64. The Bertz CT molecular complexity index is 685. The third-order valence-electron chi connectivity index (χ3n) is 6.50. The van der Waals surface area contributed by atoms with E-state index in [2.05, 4.69) is 26.1 Å². The van der Waals surface area contributed by atoms with E-state index < -0.39 is 0 Å². The number of ether oxygens (including phenoxy) is 1. The number of nitrogens with zero attached hydrogens (tertiary/aromatic N) is 1. The minimum atomic E-state index is -0.352. The van der Waals surface area contributed by atoms with E-state index in [1.54, 1.807) is 7.11 Å². The van der Waals surface area contributed by atoms with Gasteiger partial charge in [-0.2, -0.15) is 0 Å². The summed E-state index contributed by atoms with van der Waals surface area (Å²) in [7, 11) is 1.62. The first kappa shape index (κ1) is 20.7. The number of benzene rings is 1. The molecule has 1 aromatic rings. The second-order valence-electron chi connectivity index (χ2n) is 9.32. The molecular formula is C23H34N2O3. The number of carbonyl (C=O) groups is 2. The summed E-state index contributed by atoms with van der Waals surface area (Å²) in [5, 5.41) is 2.96. The van der Waals surface area contributed by atoms with Crippen LogP contribution in [0.3, 0.4) is 0 Å². The van der Waals surface area contributed by atoms with Crippen LogP contribution in [0.2, 0.25) is 0 Å². The lowest BCUT2D eigenvalue weighted by Crippen LogP contribution is -2.46. The average molecular weight is 387 g/mol. The molecule has 1 aromatic carbocycles. The van der Waals surface area contributed by atoms with Crippen LogP contribution in [0.1, 0.15) is 59.3 Å². The molecule has 0 spiro atoms. The van der Waals surface area contributed by atoms with Crippen LogP contribution >= 0.6 is 0 Å². The zero-order chi connectivity index (χ0) is 20.3. The van der Waals surface area contributed by atoms with E-state index >= 15 is 0 Å². The lowest BCUT2D eigenvalue weighted by atomic mass is 9.69. The predicted molar refractivity (Wildman–Crippen MR) is 111 cm³/mol. The summed E-state index contributed by atoms with van der Waals surface area (Å²) in [6.07, 6.45) is 5.75. The van der Waals surface area contributed by atoms with Crippen LogP contribution in [0.15, 0.2) is 24.3 Å². The van der Waals surface area contributed by atoms with Gasteiger partial charge >= 0.3 is 0 Å². The molecule has 1 atom stereocenters. The van der Waals surface area contributed by atoms with Crippen molar-refractivity contribution in [3.05, 3.63) is 24.3 Å². The molecule has 5 heteroatoms. The highest BCUT2D eigenvalue weighted by molar-refractivity contribution is 5.97. The van der Waals surface area contributed by atoms with Crippen LogP contribution in [-0.2, 0) is 9.59 Å². The monoisotopic (exact) mass is 386 g/mol. The van der Waals surface area contributed by atoms with Gasteiger partial charge in [-0.05, 0) is 74.1 Å². The van der Waals surface area contributed by atoms with Crippen molar-refractivity contribution in [2.24, 2.45) is 17.3 Å². The Hall–Kier alpha value is -2.04. The Kier molecular flexibility index (Phi) is 6.31. The summed E-state index contributed by atoms with van der Waals surface area (Å²) in [4.78, 5) is 27.8. The van der Waals surface area contributed by atoms with Gasteiger partial charge in [-0.15, -0.1) is 0 Å². The predicted octanol–water partition coefficient (Wildman–Crippen LogP) is 4.48. The molecular weight excluding hydrogens is 352 g/mol. The van der Waals surface area contributed by atoms with Gasteiger partial charge in [0, 0.05) is 18.2 Å². The lowest BCUT2D eigenvalue weighted by Gasteiger charge is -2.38. The fraction of sp³-hybridized carbons (Fsp3) is 0.652. The zero-order valence-electron chi connectivity index (χ0n) is 17.7. The number of carbonyl (C=O) groups excluding carboxylic acids is 2.